The standard InChI is InChI=1S/C53H33NO/c1-2-12-40(13-3-1)54-49-26-22-36(30-47(49)48-31-37(23-27-50(48)54)38-20-24-43-42-15-8-9-17-51(42)55-52(43)32-38)35-21-25-45-46(29-35)41-14-6-7-16-44(41)53(45)39-19-18-33-10-4-5-11-34(33)28-39/h1-32,53H. The Bertz CT molecular complexity index is 3330. The number of benzene rings is 9. The maximum absolute atomic E-state index is 6.30. The van der Waals surface area contributed by atoms with E-state index in [-0.39, 0.29) is 5.92 Å². The number of para-hydroxylation sites is 2. The van der Waals surface area contributed by atoms with Crippen molar-refractivity contribution in [1.82, 2.24) is 4.57 Å². The van der Waals surface area contributed by atoms with E-state index in [1.54, 1.807) is 0 Å². The van der Waals surface area contributed by atoms with Gasteiger partial charge in [0.05, 0.1) is 11.0 Å². The third kappa shape index (κ3) is 4.62. The highest BCUT2D eigenvalue weighted by atomic mass is 16.3. The van der Waals surface area contributed by atoms with Gasteiger partial charge in [0.2, 0.25) is 0 Å². The molecule has 2 nitrogen and oxygen atoms in total. The Balaban J connectivity index is 1.02. The van der Waals surface area contributed by atoms with E-state index in [9.17, 15) is 0 Å². The Kier molecular flexibility index (Phi) is 6.43. The van der Waals surface area contributed by atoms with Gasteiger partial charge < -0.3 is 8.98 Å². The molecule has 11 aromatic rings. The number of hydrogen-bond acceptors (Lipinski definition) is 1. The molecule has 0 fully saturated rings. The SMILES string of the molecule is c1ccc(-n2c3ccc(-c4ccc5c(c4)-c4ccccc4C5c4ccc5ccccc5c4)cc3c3cc(-c4ccc5c(c4)oc4ccccc45)ccc32)cc1. The van der Waals surface area contributed by atoms with Crippen molar-refractivity contribution in [2.75, 3.05) is 0 Å². The minimum absolute atomic E-state index is 0.202. The third-order valence-corrected chi connectivity index (χ3v) is 11.9. The molecule has 0 bridgehead atoms. The molecule has 2 heteroatoms. The second kappa shape index (κ2) is 11.7. The molecule has 0 radical (unpaired) electrons. The van der Waals surface area contributed by atoms with Gasteiger partial charge in [-0.05, 0) is 122 Å². The van der Waals surface area contributed by atoms with E-state index in [2.05, 4.69) is 187 Å². The van der Waals surface area contributed by atoms with Crippen LogP contribution in [0.15, 0.2) is 199 Å². The predicted molar refractivity (Wildman–Crippen MR) is 229 cm³/mol. The molecule has 1 atom stereocenters. The van der Waals surface area contributed by atoms with E-state index in [1.165, 1.54) is 77.1 Å². The lowest BCUT2D eigenvalue weighted by Gasteiger charge is -2.16. The Morgan fingerprint density at radius 1 is 0.364 bits per heavy atom. The molecule has 1 unspecified atom stereocenters. The number of fused-ring (bicyclic) bond motifs is 10. The molecule has 0 aliphatic heterocycles. The van der Waals surface area contributed by atoms with Crippen LogP contribution in [0.4, 0.5) is 0 Å². The summed E-state index contributed by atoms with van der Waals surface area (Å²) >= 11 is 0. The molecule has 2 heterocycles. The van der Waals surface area contributed by atoms with Crippen molar-refractivity contribution >= 4 is 54.5 Å². The normalized spacial score (nSPS) is 13.6. The third-order valence-electron chi connectivity index (χ3n) is 11.9. The molecule has 1 aliphatic carbocycles. The largest absolute Gasteiger partial charge is 0.456 e. The number of rotatable bonds is 4. The average molecular weight is 700 g/mol. The molecular formula is C53H33NO. The van der Waals surface area contributed by atoms with Gasteiger partial charge in [0.15, 0.2) is 0 Å². The van der Waals surface area contributed by atoms with Crippen LogP contribution < -0.4 is 0 Å². The number of nitrogens with zero attached hydrogens (tertiary/aromatic N) is 1. The van der Waals surface area contributed by atoms with Gasteiger partial charge in [-0.25, -0.2) is 0 Å². The van der Waals surface area contributed by atoms with Crippen molar-refractivity contribution in [2.45, 2.75) is 5.92 Å². The first-order valence-corrected chi connectivity index (χ1v) is 19.0. The zero-order chi connectivity index (χ0) is 36.0. The zero-order valence-corrected chi connectivity index (χ0v) is 29.9. The van der Waals surface area contributed by atoms with Crippen molar-refractivity contribution in [1.29, 1.82) is 0 Å². The van der Waals surface area contributed by atoms with Gasteiger partial charge in [-0.3, -0.25) is 0 Å². The van der Waals surface area contributed by atoms with Gasteiger partial charge in [0, 0.05) is 33.2 Å². The van der Waals surface area contributed by atoms with Crippen molar-refractivity contribution < 1.29 is 4.42 Å². The molecule has 0 amide bonds. The highest BCUT2D eigenvalue weighted by Crippen LogP contribution is 2.50. The number of aromatic nitrogens is 1. The summed E-state index contributed by atoms with van der Waals surface area (Å²) in [7, 11) is 0. The molecule has 0 saturated carbocycles. The summed E-state index contributed by atoms with van der Waals surface area (Å²) in [4.78, 5) is 0. The Morgan fingerprint density at radius 3 is 1.82 bits per heavy atom. The van der Waals surface area contributed by atoms with Crippen molar-refractivity contribution in [3.8, 4) is 39.1 Å². The quantitative estimate of drug-likeness (QED) is 0.179. The molecule has 9 aromatic carbocycles. The van der Waals surface area contributed by atoms with E-state index in [1.807, 2.05) is 12.1 Å². The van der Waals surface area contributed by atoms with Crippen LogP contribution in [0.25, 0.3) is 93.6 Å². The van der Waals surface area contributed by atoms with E-state index in [0.717, 1.165) is 33.2 Å². The molecule has 0 spiro atoms. The van der Waals surface area contributed by atoms with Crippen molar-refractivity contribution in [3.63, 3.8) is 0 Å². The summed E-state index contributed by atoms with van der Waals surface area (Å²) < 4.78 is 8.69. The van der Waals surface area contributed by atoms with Crippen LogP contribution in [0.3, 0.4) is 0 Å². The van der Waals surface area contributed by atoms with Gasteiger partial charge in [-0.15, -0.1) is 0 Å². The smallest absolute Gasteiger partial charge is 0.136 e. The molecule has 2 aromatic heterocycles. The fraction of sp³-hybridized carbons (Fsp3) is 0.0189. The minimum Gasteiger partial charge on any atom is -0.456 e. The Labute approximate surface area is 318 Å². The van der Waals surface area contributed by atoms with E-state index < -0.39 is 0 Å². The Morgan fingerprint density at radius 2 is 0.982 bits per heavy atom. The van der Waals surface area contributed by atoms with Crippen LogP contribution in [-0.4, -0.2) is 4.57 Å². The van der Waals surface area contributed by atoms with Crippen LogP contribution in [0.1, 0.15) is 22.6 Å². The van der Waals surface area contributed by atoms with Crippen LogP contribution in [-0.2, 0) is 0 Å². The highest BCUT2D eigenvalue weighted by Gasteiger charge is 2.30. The summed E-state index contributed by atoms with van der Waals surface area (Å²) in [6.45, 7) is 0. The molecule has 0 saturated heterocycles. The predicted octanol–water partition coefficient (Wildman–Crippen LogP) is 14.3. The first kappa shape index (κ1) is 30.3. The molecular weight excluding hydrogens is 667 g/mol. The van der Waals surface area contributed by atoms with Crippen LogP contribution in [0.5, 0.6) is 0 Å². The van der Waals surface area contributed by atoms with Gasteiger partial charge in [-0.2, -0.15) is 0 Å². The van der Waals surface area contributed by atoms with Gasteiger partial charge in [-0.1, -0.05) is 133 Å². The lowest BCUT2D eigenvalue weighted by atomic mass is 9.87. The van der Waals surface area contributed by atoms with E-state index in [4.69, 9.17) is 4.42 Å². The van der Waals surface area contributed by atoms with Crippen molar-refractivity contribution in [3.05, 3.63) is 211 Å². The molecule has 55 heavy (non-hydrogen) atoms. The lowest BCUT2D eigenvalue weighted by Crippen LogP contribution is -1.99. The number of hydrogen-bond donors (Lipinski definition) is 0. The first-order chi connectivity index (χ1) is 27.2. The van der Waals surface area contributed by atoms with Crippen molar-refractivity contribution in [2.24, 2.45) is 0 Å². The van der Waals surface area contributed by atoms with Gasteiger partial charge in [0.25, 0.3) is 0 Å². The molecule has 1 aliphatic rings. The second-order valence-electron chi connectivity index (χ2n) is 14.9. The fourth-order valence-electron chi connectivity index (χ4n) is 9.27. The fourth-order valence-corrected chi connectivity index (χ4v) is 9.27. The van der Waals surface area contributed by atoms with Crippen LogP contribution in [0.2, 0.25) is 0 Å². The van der Waals surface area contributed by atoms with Crippen LogP contribution in [0, 0.1) is 0 Å². The zero-order valence-electron chi connectivity index (χ0n) is 29.9. The van der Waals surface area contributed by atoms with Gasteiger partial charge in [0.1, 0.15) is 11.2 Å². The first-order valence-electron chi connectivity index (χ1n) is 19.0. The van der Waals surface area contributed by atoms with E-state index in [0.29, 0.717) is 0 Å². The summed E-state index contributed by atoms with van der Waals surface area (Å²) in [5.41, 5.74) is 16.8. The van der Waals surface area contributed by atoms with Crippen LogP contribution >= 0.6 is 0 Å². The molecule has 256 valence electrons. The highest BCUT2D eigenvalue weighted by molar-refractivity contribution is 6.12. The monoisotopic (exact) mass is 699 g/mol. The number of furan rings is 1. The maximum Gasteiger partial charge on any atom is 0.136 e. The molecule has 12 rings (SSSR count). The second-order valence-corrected chi connectivity index (χ2v) is 14.9. The summed E-state index contributed by atoms with van der Waals surface area (Å²) in [6, 6.07) is 71.1. The summed E-state index contributed by atoms with van der Waals surface area (Å²) in [6.07, 6.45) is 0. The topological polar surface area (TPSA) is 18.1 Å². The summed E-state index contributed by atoms with van der Waals surface area (Å²) in [5, 5.41) is 7.31. The Hall–Kier alpha value is -7.16. The lowest BCUT2D eigenvalue weighted by molar-refractivity contribution is 0.669. The summed E-state index contributed by atoms with van der Waals surface area (Å²) in [5.74, 6) is 0.202. The van der Waals surface area contributed by atoms with Gasteiger partial charge >= 0.3 is 0 Å². The average Bonchev–Trinajstić information content (AvgIpc) is 3.90. The molecule has 0 N–H and O–H groups in total. The minimum atomic E-state index is 0.202. The van der Waals surface area contributed by atoms with E-state index >= 15 is 0 Å². The maximum atomic E-state index is 6.30.